The summed E-state index contributed by atoms with van der Waals surface area (Å²) in [5.74, 6) is 0.00697. The van der Waals surface area contributed by atoms with Gasteiger partial charge in [-0.25, -0.2) is 9.59 Å². The summed E-state index contributed by atoms with van der Waals surface area (Å²) in [6.45, 7) is 4.35. The predicted octanol–water partition coefficient (Wildman–Crippen LogP) is 0.425. The first-order valence-corrected chi connectivity index (χ1v) is 6.55. The van der Waals surface area contributed by atoms with Gasteiger partial charge in [0, 0.05) is 19.5 Å². The lowest BCUT2D eigenvalue weighted by Crippen LogP contribution is -2.47. The van der Waals surface area contributed by atoms with Gasteiger partial charge in [-0.2, -0.15) is 4.98 Å². The van der Waals surface area contributed by atoms with Gasteiger partial charge in [-0.3, -0.25) is 0 Å². The van der Waals surface area contributed by atoms with Crippen molar-refractivity contribution in [3.63, 3.8) is 0 Å². The molecule has 0 aliphatic carbocycles. The first-order chi connectivity index (χ1) is 9.49. The molecule has 2 atom stereocenters. The zero-order valence-electron chi connectivity index (χ0n) is 11.5. The van der Waals surface area contributed by atoms with Crippen LogP contribution in [0.4, 0.5) is 4.79 Å². The number of rotatable bonds is 4. The molecule has 1 aromatic rings. The summed E-state index contributed by atoms with van der Waals surface area (Å²) in [5.41, 5.74) is 0. The van der Waals surface area contributed by atoms with Crippen molar-refractivity contribution in [2.24, 2.45) is 5.92 Å². The molecule has 0 aromatic carbocycles. The zero-order valence-corrected chi connectivity index (χ0v) is 11.5. The largest absolute Gasteiger partial charge is 0.480 e. The fourth-order valence-electron chi connectivity index (χ4n) is 2.37. The van der Waals surface area contributed by atoms with Gasteiger partial charge in [0.15, 0.2) is 5.82 Å². The van der Waals surface area contributed by atoms with Crippen LogP contribution < -0.4 is 5.32 Å². The lowest BCUT2D eigenvalue weighted by Gasteiger charge is -2.23. The highest BCUT2D eigenvalue weighted by Crippen LogP contribution is 2.23. The maximum absolute atomic E-state index is 12.0. The summed E-state index contributed by atoms with van der Waals surface area (Å²) < 4.78 is 4.93. The van der Waals surface area contributed by atoms with Crippen LogP contribution in [0.1, 0.15) is 25.1 Å². The number of likely N-dealkylation sites (tertiary alicyclic amines) is 1. The summed E-state index contributed by atoms with van der Waals surface area (Å²) in [5, 5.41) is 15.5. The van der Waals surface area contributed by atoms with Gasteiger partial charge in [0.25, 0.3) is 0 Å². The number of urea groups is 1. The highest BCUT2D eigenvalue weighted by Gasteiger charge is 2.39. The molecule has 2 amide bonds. The lowest BCUT2D eigenvalue weighted by molar-refractivity contribution is -0.142. The van der Waals surface area contributed by atoms with E-state index in [1.807, 2.05) is 6.92 Å². The summed E-state index contributed by atoms with van der Waals surface area (Å²) in [4.78, 5) is 28.5. The van der Waals surface area contributed by atoms with E-state index in [1.54, 1.807) is 6.92 Å². The van der Waals surface area contributed by atoms with Crippen molar-refractivity contribution in [2.45, 2.75) is 32.7 Å². The third-order valence-corrected chi connectivity index (χ3v) is 3.40. The molecular formula is C12H18N4O4. The fourth-order valence-corrected chi connectivity index (χ4v) is 2.37. The van der Waals surface area contributed by atoms with Gasteiger partial charge in [-0.05, 0) is 19.3 Å². The molecule has 2 N–H and O–H groups in total. The molecule has 1 saturated heterocycles. The van der Waals surface area contributed by atoms with E-state index in [9.17, 15) is 9.59 Å². The Bertz CT molecular complexity index is 501. The third kappa shape index (κ3) is 3.06. The summed E-state index contributed by atoms with van der Waals surface area (Å²) in [6, 6.07) is -1.11. The predicted molar refractivity (Wildman–Crippen MR) is 68.0 cm³/mol. The van der Waals surface area contributed by atoms with Gasteiger partial charge in [-0.15, -0.1) is 0 Å². The minimum atomic E-state index is -0.960. The van der Waals surface area contributed by atoms with Crippen molar-refractivity contribution >= 4 is 12.0 Å². The van der Waals surface area contributed by atoms with Crippen molar-refractivity contribution < 1.29 is 19.2 Å². The molecule has 1 fully saturated rings. The molecule has 20 heavy (non-hydrogen) atoms. The number of carbonyl (C=O) groups is 2. The van der Waals surface area contributed by atoms with Crippen molar-refractivity contribution in [1.29, 1.82) is 0 Å². The van der Waals surface area contributed by atoms with Crippen LogP contribution in [0, 0.1) is 12.8 Å². The van der Waals surface area contributed by atoms with Gasteiger partial charge >= 0.3 is 12.0 Å². The van der Waals surface area contributed by atoms with E-state index in [2.05, 4.69) is 15.5 Å². The minimum Gasteiger partial charge on any atom is -0.480 e. The first-order valence-electron chi connectivity index (χ1n) is 6.55. The Balaban J connectivity index is 1.84. The maximum atomic E-state index is 12.0. The molecule has 0 radical (unpaired) electrons. The van der Waals surface area contributed by atoms with Crippen molar-refractivity contribution in [3.8, 4) is 0 Å². The summed E-state index contributed by atoms with van der Waals surface area (Å²) in [6.07, 6.45) is 1.13. The van der Waals surface area contributed by atoms with E-state index in [-0.39, 0.29) is 11.9 Å². The van der Waals surface area contributed by atoms with E-state index in [1.165, 1.54) is 4.90 Å². The van der Waals surface area contributed by atoms with Crippen molar-refractivity contribution in [2.75, 3.05) is 13.1 Å². The Kier molecular flexibility index (Phi) is 4.21. The van der Waals surface area contributed by atoms with Gasteiger partial charge < -0.3 is 19.8 Å². The molecule has 2 rings (SSSR count). The number of carbonyl (C=O) groups excluding carboxylic acids is 1. The Morgan fingerprint density at radius 1 is 1.55 bits per heavy atom. The Morgan fingerprint density at radius 2 is 2.30 bits per heavy atom. The number of nitrogens with one attached hydrogen (secondary N) is 1. The van der Waals surface area contributed by atoms with E-state index < -0.39 is 12.0 Å². The van der Waals surface area contributed by atoms with Gasteiger partial charge in [-0.1, -0.05) is 12.1 Å². The zero-order chi connectivity index (χ0) is 14.7. The van der Waals surface area contributed by atoms with E-state index in [0.717, 1.165) is 0 Å². The summed E-state index contributed by atoms with van der Waals surface area (Å²) in [7, 11) is 0. The monoisotopic (exact) mass is 282 g/mol. The number of carboxylic acid groups (broad SMARTS) is 1. The van der Waals surface area contributed by atoms with E-state index in [0.29, 0.717) is 37.6 Å². The number of nitrogens with zero attached hydrogens (tertiary/aromatic N) is 3. The van der Waals surface area contributed by atoms with Crippen LogP contribution in [0.5, 0.6) is 0 Å². The maximum Gasteiger partial charge on any atom is 0.326 e. The standard InChI is InChI=1S/C12H18N4O4/c1-7-4-6-16(10(7)11(17)18)12(19)13-5-3-9-14-8(2)15-20-9/h7,10H,3-6H2,1-2H3,(H,13,19)(H,17,18). The van der Waals surface area contributed by atoms with Crippen LogP contribution >= 0.6 is 0 Å². The molecule has 8 heteroatoms. The molecule has 8 nitrogen and oxygen atoms in total. The second-order valence-corrected chi connectivity index (χ2v) is 4.96. The number of amides is 2. The molecule has 2 unspecified atom stereocenters. The molecule has 0 spiro atoms. The number of aryl methyl sites for hydroxylation is 1. The molecule has 1 aliphatic heterocycles. The molecule has 2 heterocycles. The van der Waals surface area contributed by atoms with Crippen LogP contribution in [-0.2, 0) is 11.2 Å². The van der Waals surface area contributed by atoms with Gasteiger partial charge in [0.2, 0.25) is 5.89 Å². The quantitative estimate of drug-likeness (QED) is 0.828. The number of carboxylic acids is 1. The second-order valence-electron chi connectivity index (χ2n) is 4.96. The minimum absolute atomic E-state index is 0.0307. The number of hydrogen-bond acceptors (Lipinski definition) is 5. The second kappa shape index (κ2) is 5.89. The fraction of sp³-hybridized carbons (Fsp3) is 0.667. The highest BCUT2D eigenvalue weighted by molar-refractivity contribution is 5.83. The third-order valence-electron chi connectivity index (χ3n) is 3.40. The van der Waals surface area contributed by atoms with Crippen LogP contribution in [0.15, 0.2) is 4.52 Å². The van der Waals surface area contributed by atoms with Crippen molar-refractivity contribution in [3.05, 3.63) is 11.7 Å². The van der Waals surface area contributed by atoms with E-state index >= 15 is 0 Å². The summed E-state index contributed by atoms with van der Waals surface area (Å²) >= 11 is 0. The highest BCUT2D eigenvalue weighted by atomic mass is 16.5. The first kappa shape index (κ1) is 14.3. The molecule has 1 aliphatic rings. The van der Waals surface area contributed by atoms with Crippen LogP contribution in [0.25, 0.3) is 0 Å². The Labute approximate surface area is 116 Å². The van der Waals surface area contributed by atoms with Crippen molar-refractivity contribution in [1.82, 2.24) is 20.4 Å². The number of aromatic nitrogens is 2. The molecule has 110 valence electrons. The topological polar surface area (TPSA) is 109 Å². The average molecular weight is 282 g/mol. The molecule has 1 aromatic heterocycles. The molecular weight excluding hydrogens is 264 g/mol. The normalized spacial score (nSPS) is 22.0. The number of aliphatic carboxylic acids is 1. The van der Waals surface area contributed by atoms with Crippen LogP contribution in [0.3, 0.4) is 0 Å². The van der Waals surface area contributed by atoms with Gasteiger partial charge in [0.1, 0.15) is 6.04 Å². The van der Waals surface area contributed by atoms with Crippen LogP contribution in [0.2, 0.25) is 0 Å². The Morgan fingerprint density at radius 3 is 2.90 bits per heavy atom. The molecule has 0 bridgehead atoms. The number of hydrogen-bond donors (Lipinski definition) is 2. The SMILES string of the molecule is Cc1noc(CCNC(=O)N2CCC(C)C2C(=O)O)n1. The Hall–Kier alpha value is -2.12. The molecule has 0 saturated carbocycles. The van der Waals surface area contributed by atoms with Gasteiger partial charge in [0.05, 0.1) is 0 Å². The van der Waals surface area contributed by atoms with E-state index in [4.69, 9.17) is 9.63 Å². The van der Waals surface area contributed by atoms with Crippen LogP contribution in [-0.4, -0.2) is 51.3 Å². The lowest BCUT2D eigenvalue weighted by atomic mass is 10.0. The average Bonchev–Trinajstić information content (AvgIpc) is 2.95. The smallest absolute Gasteiger partial charge is 0.326 e.